The van der Waals surface area contributed by atoms with Gasteiger partial charge < -0.3 is 5.32 Å². The molecule has 0 amide bonds. The van der Waals surface area contributed by atoms with Gasteiger partial charge in [-0.15, -0.1) is 11.3 Å². The lowest BCUT2D eigenvalue weighted by Crippen LogP contribution is -2.16. The maximum absolute atomic E-state index is 4.44. The van der Waals surface area contributed by atoms with Crippen molar-refractivity contribution in [1.82, 2.24) is 10.3 Å². The Balaban J connectivity index is 2.49. The second-order valence-electron chi connectivity index (χ2n) is 3.54. The molecular formula is C11H20N2S. The SMILES string of the molecule is CCCCc1ncc(C(C)NCC)s1. The van der Waals surface area contributed by atoms with Crippen LogP contribution in [0.4, 0.5) is 0 Å². The lowest BCUT2D eigenvalue weighted by atomic mass is 10.3. The Morgan fingerprint density at radius 1 is 1.50 bits per heavy atom. The molecule has 0 aliphatic carbocycles. The van der Waals surface area contributed by atoms with Crippen LogP contribution in [0.1, 0.15) is 49.5 Å². The summed E-state index contributed by atoms with van der Waals surface area (Å²) in [5.41, 5.74) is 0. The van der Waals surface area contributed by atoms with Crippen LogP contribution >= 0.6 is 11.3 Å². The third-order valence-electron chi connectivity index (χ3n) is 2.25. The smallest absolute Gasteiger partial charge is 0.0928 e. The molecule has 1 unspecified atom stereocenters. The number of thiazole rings is 1. The number of nitrogens with one attached hydrogen (secondary N) is 1. The van der Waals surface area contributed by atoms with Crippen LogP contribution in [0.3, 0.4) is 0 Å². The summed E-state index contributed by atoms with van der Waals surface area (Å²) >= 11 is 1.85. The lowest BCUT2D eigenvalue weighted by molar-refractivity contribution is 0.606. The first-order valence-electron chi connectivity index (χ1n) is 5.45. The van der Waals surface area contributed by atoms with E-state index in [1.165, 1.54) is 22.7 Å². The minimum Gasteiger partial charge on any atom is -0.310 e. The van der Waals surface area contributed by atoms with Gasteiger partial charge in [0.15, 0.2) is 0 Å². The average Bonchev–Trinajstić information content (AvgIpc) is 2.63. The molecule has 1 rings (SSSR count). The minimum absolute atomic E-state index is 0.452. The van der Waals surface area contributed by atoms with Crippen molar-refractivity contribution in [3.8, 4) is 0 Å². The number of unbranched alkanes of at least 4 members (excludes halogenated alkanes) is 1. The molecule has 14 heavy (non-hydrogen) atoms. The first-order chi connectivity index (χ1) is 6.77. The maximum Gasteiger partial charge on any atom is 0.0928 e. The summed E-state index contributed by atoms with van der Waals surface area (Å²) in [6.07, 6.45) is 5.66. The van der Waals surface area contributed by atoms with Gasteiger partial charge in [0.2, 0.25) is 0 Å². The van der Waals surface area contributed by atoms with E-state index in [9.17, 15) is 0 Å². The van der Waals surface area contributed by atoms with Gasteiger partial charge in [-0.05, 0) is 26.3 Å². The summed E-state index contributed by atoms with van der Waals surface area (Å²) < 4.78 is 0. The highest BCUT2D eigenvalue weighted by Gasteiger charge is 2.07. The molecule has 80 valence electrons. The zero-order valence-electron chi connectivity index (χ0n) is 9.34. The molecule has 0 spiro atoms. The van der Waals surface area contributed by atoms with E-state index < -0.39 is 0 Å². The second-order valence-corrected chi connectivity index (χ2v) is 4.69. The largest absolute Gasteiger partial charge is 0.310 e. The zero-order valence-corrected chi connectivity index (χ0v) is 10.2. The zero-order chi connectivity index (χ0) is 10.4. The van der Waals surface area contributed by atoms with Crippen LogP contribution in [-0.4, -0.2) is 11.5 Å². The minimum atomic E-state index is 0.452. The molecule has 0 radical (unpaired) electrons. The summed E-state index contributed by atoms with van der Waals surface area (Å²) in [4.78, 5) is 5.79. The van der Waals surface area contributed by atoms with Gasteiger partial charge in [0, 0.05) is 17.1 Å². The Morgan fingerprint density at radius 3 is 2.93 bits per heavy atom. The average molecular weight is 212 g/mol. The van der Waals surface area contributed by atoms with Crippen LogP contribution in [0.2, 0.25) is 0 Å². The number of aryl methyl sites for hydroxylation is 1. The molecule has 1 atom stereocenters. The van der Waals surface area contributed by atoms with Crippen molar-refractivity contribution in [1.29, 1.82) is 0 Å². The van der Waals surface area contributed by atoms with Gasteiger partial charge in [-0.1, -0.05) is 20.3 Å². The molecule has 1 aromatic rings. The summed E-state index contributed by atoms with van der Waals surface area (Å²) in [7, 11) is 0. The van der Waals surface area contributed by atoms with Crippen LogP contribution < -0.4 is 5.32 Å². The van der Waals surface area contributed by atoms with Gasteiger partial charge in [-0.25, -0.2) is 4.98 Å². The van der Waals surface area contributed by atoms with Crippen LogP contribution in [-0.2, 0) is 6.42 Å². The number of hydrogen-bond acceptors (Lipinski definition) is 3. The first kappa shape index (κ1) is 11.7. The number of rotatable bonds is 6. The van der Waals surface area contributed by atoms with Crippen molar-refractivity contribution in [3.63, 3.8) is 0 Å². The van der Waals surface area contributed by atoms with Crippen molar-refractivity contribution in [2.24, 2.45) is 0 Å². The van der Waals surface area contributed by atoms with Crippen molar-refractivity contribution < 1.29 is 0 Å². The number of nitrogens with zero attached hydrogens (tertiary/aromatic N) is 1. The molecule has 0 aromatic carbocycles. The van der Waals surface area contributed by atoms with Gasteiger partial charge in [-0.2, -0.15) is 0 Å². The topological polar surface area (TPSA) is 24.9 Å². The second kappa shape index (κ2) is 6.14. The van der Waals surface area contributed by atoms with E-state index in [1.54, 1.807) is 0 Å². The van der Waals surface area contributed by atoms with Crippen LogP contribution in [0.5, 0.6) is 0 Å². The standard InChI is InChI=1S/C11H20N2S/c1-4-6-7-11-13-8-10(14-11)9(3)12-5-2/h8-9,12H,4-7H2,1-3H3. The maximum atomic E-state index is 4.44. The molecule has 0 saturated carbocycles. The van der Waals surface area contributed by atoms with Crippen LogP contribution in [0, 0.1) is 0 Å². The van der Waals surface area contributed by atoms with Crippen molar-refractivity contribution in [2.75, 3.05) is 6.54 Å². The summed E-state index contributed by atoms with van der Waals surface area (Å²) in [6.45, 7) is 7.56. The van der Waals surface area contributed by atoms with Gasteiger partial charge in [-0.3, -0.25) is 0 Å². The molecule has 0 saturated heterocycles. The van der Waals surface area contributed by atoms with Gasteiger partial charge >= 0.3 is 0 Å². The molecule has 1 N–H and O–H groups in total. The van der Waals surface area contributed by atoms with Crippen molar-refractivity contribution in [3.05, 3.63) is 16.1 Å². The van der Waals surface area contributed by atoms with E-state index in [0.717, 1.165) is 13.0 Å². The van der Waals surface area contributed by atoms with E-state index >= 15 is 0 Å². The number of hydrogen-bond donors (Lipinski definition) is 1. The molecule has 0 bridgehead atoms. The first-order valence-corrected chi connectivity index (χ1v) is 6.27. The van der Waals surface area contributed by atoms with E-state index in [2.05, 4.69) is 31.1 Å². The highest BCUT2D eigenvalue weighted by molar-refractivity contribution is 7.11. The molecule has 1 aromatic heterocycles. The third kappa shape index (κ3) is 3.39. The van der Waals surface area contributed by atoms with E-state index in [0.29, 0.717) is 6.04 Å². The quantitative estimate of drug-likeness (QED) is 0.783. The molecular weight excluding hydrogens is 192 g/mol. The van der Waals surface area contributed by atoms with Crippen molar-refractivity contribution >= 4 is 11.3 Å². The normalized spacial score (nSPS) is 13.1. The highest BCUT2D eigenvalue weighted by atomic mass is 32.1. The fourth-order valence-corrected chi connectivity index (χ4v) is 2.36. The Hall–Kier alpha value is -0.410. The highest BCUT2D eigenvalue weighted by Crippen LogP contribution is 2.21. The predicted molar refractivity (Wildman–Crippen MR) is 62.8 cm³/mol. The summed E-state index contributed by atoms with van der Waals surface area (Å²) in [6, 6.07) is 0.452. The van der Waals surface area contributed by atoms with Crippen LogP contribution in [0.25, 0.3) is 0 Å². The molecule has 3 heteroatoms. The monoisotopic (exact) mass is 212 g/mol. The van der Waals surface area contributed by atoms with Gasteiger partial charge in [0.05, 0.1) is 5.01 Å². The third-order valence-corrected chi connectivity index (χ3v) is 3.49. The molecule has 2 nitrogen and oxygen atoms in total. The molecule has 0 fully saturated rings. The Kier molecular flexibility index (Phi) is 5.12. The Bertz CT molecular complexity index is 258. The van der Waals surface area contributed by atoms with E-state index in [1.807, 2.05) is 17.5 Å². The van der Waals surface area contributed by atoms with Gasteiger partial charge in [0.25, 0.3) is 0 Å². The fraction of sp³-hybridized carbons (Fsp3) is 0.727. The molecule has 1 heterocycles. The van der Waals surface area contributed by atoms with E-state index in [-0.39, 0.29) is 0 Å². The van der Waals surface area contributed by atoms with Gasteiger partial charge in [0.1, 0.15) is 0 Å². The fourth-order valence-electron chi connectivity index (χ4n) is 1.37. The van der Waals surface area contributed by atoms with E-state index in [4.69, 9.17) is 0 Å². The Labute approximate surface area is 90.8 Å². The van der Waals surface area contributed by atoms with Crippen LogP contribution in [0.15, 0.2) is 6.20 Å². The van der Waals surface area contributed by atoms with Crippen molar-refractivity contribution in [2.45, 2.75) is 46.1 Å². The Morgan fingerprint density at radius 2 is 2.29 bits per heavy atom. The molecule has 0 aliphatic heterocycles. The predicted octanol–water partition coefficient (Wildman–Crippen LogP) is 3.16. The summed E-state index contributed by atoms with van der Waals surface area (Å²) in [5, 5.41) is 4.69. The summed E-state index contributed by atoms with van der Waals surface area (Å²) in [5.74, 6) is 0. The molecule has 0 aliphatic rings. The lowest BCUT2D eigenvalue weighted by Gasteiger charge is -2.08. The number of aromatic nitrogens is 1.